The zero-order valence-electron chi connectivity index (χ0n) is 14.2. The summed E-state index contributed by atoms with van der Waals surface area (Å²) in [6.07, 6.45) is 3.69. The van der Waals surface area contributed by atoms with Crippen LogP contribution in [0.5, 0.6) is 0 Å². The Hall–Kier alpha value is -2.06. The Balaban J connectivity index is 1.95. The van der Waals surface area contributed by atoms with E-state index in [0.29, 0.717) is 0 Å². The van der Waals surface area contributed by atoms with E-state index in [9.17, 15) is 17.6 Å². The third kappa shape index (κ3) is 4.37. The van der Waals surface area contributed by atoms with Crippen LogP contribution in [-0.2, 0) is 14.8 Å². The Bertz CT molecular complexity index is 897. The molecular formula is C18H19FN2O3S2. The Labute approximate surface area is 156 Å². The predicted octanol–water partition coefficient (Wildman–Crippen LogP) is 3.02. The molecule has 0 bridgehead atoms. The summed E-state index contributed by atoms with van der Waals surface area (Å²) in [7, 11) is -4.01. The predicted molar refractivity (Wildman–Crippen MR) is 100 cm³/mol. The fourth-order valence-electron chi connectivity index (χ4n) is 2.45. The second-order valence-corrected chi connectivity index (χ2v) is 8.75. The average Bonchev–Trinajstić information content (AvgIpc) is 3.43. The molecule has 0 aliphatic heterocycles. The number of benzene rings is 2. The highest BCUT2D eigenvalue weighted by Gasteiger charge is 2.30. The quantitative estimate of drug-likeness (QED) is 0.733. The van der Waals surface area contributed by atoms with Crippen molar-refractivity contribution >= 4 is 33.4 Å². The van der Waals surface area contributed by atoms with Crippen molar-refractivity contribution in [3.8, 4) is 0 Å². The van der Waals surface area contributed by atoms with Crippen LogP contribution in [-0.4, -0.2) is 33.2 Å². The maximum Gasteiger partial charge on any atom is 0.264 e. The highest BCUT2D eigenvalue weighted by molar-refractivity contribution is 7.98. The van der Waals surface area contributed by atoms with E-state index in [4.69, 9.17) is 0 Å². The van der Waals surface area contributed by atoms with Gasteiger partial charge in [-0.15, -0.1) is 11.8 Å². The molecule has 1 fully saturated rings. The first-order valence-electron chi connectivity index (χ1n) is 8.12. The summed E-state index contributed by atoms with van der Waals surface area (Å²) in [5.41, 5.74) is 0.116. The second kappa shape index (κ2) is 7.67. The van der Waals surface area contributed by atoms with Gasteiger partial charge in [0.1, 0.15) is 12.4 Å². The molecule has 0 radical (unpaired) electrons. The minimum absolute atomic E-state index is 0.0544. The maximum absolute atomic E-state index is 13.6. The number of nitrogens with one attached hydrogen (secondary N) is 1. The summed E-state index contributed by atoms with van der Waals surface area (Å²) in [5, 5.41) is 2.77. The van der Waals surface area contributed by atoms with Crippen molar-refractivity contribution in [2.75, 3.05) is 17.1 Å². The standard InChI is InChI=1S/C18H19FN2O3S2/c1-25-16-7-9-17(10-8-16)26(23,24)21(12-18(22)20-14-5-6-14)15-4-2-3-13(19)11-15/h2-4,7-11,14H,5-6,12H2,1H3,(H,20,22). The fourth-order valence-corrected chi connectivity index (χ4v) is 4.27. The van der Waals surface area contributed by atoms with E-state index in [-0.39, 0.29) is 16.6 Å². The molecule has 1 aliphatic rings. The highest BCUT2D eigenvalue weighted by Crippen LogP contribution is 2.26. The van der Waals surface area contributed by atoms with Gasteiger partial charge in [0, 0.05) is 10.9 Å². The van der Waals surface area contributed by atoms with Gasteiger partial charge in [-0.05, 0) is 61.6 Å². The van der Waals surface area contributed by atoms with Crippen LogP contribution in [0.15, 0.2) is 58.3 Å². The first kappa shape index (κ1) is 18.7. The molecule has 5 nitrogen and oxygen atoms in total. The molecule has 0 unspecified atom stereocenters. The van der Waals surface area contributed by atoms with Gasteiger partial charge in [-0.25, -0.2) is 12.8 Å². The fraction of sp³-hybridized carbons (Fsp3) is 0.278. The van der Waals surface area contributed by atoms with Crippen molar-refractivity contribution in [2.24, 2.45) is 0 Å². The lowest BCUT2D eigenvalue weighted by Crippen LogP contribution is -2.41. The molecule has 0 aromatic heterocycles. The normalized spacial score (nSPS) is 14.1. The van der Waals surface area contributed by atoms with Gasteiger partial charge < -0.3 is 5.32 Å². The number of halogens is 1. The lowest BCUT2D eigenvalue weighted by atomic mass is 10.3. The summed E-state index contributed by atoms with van der Waals surface area (Å²) in [4.78, 5) is 13.2. The van der Waals surface area contributed by atoms with Crippen LogP contribution in [0.2, 0.25) is 0 Å². The van der Waals surface area contributed by atoms with E-state index < -0.39 is 28.3 Å². The third-order valence-corrected chi connectivity index (χ3v) is 6.50. The third-order valence-electron chi connectivity index (χ3n) is 3.97. The number of hydrogen-bond donors (Lipinski definition) is 1. The molecule has 1 N–H and O–H groups in total. The van der Waals surface area contributed by atoms with Gasteiger partial charge >= 0.3 is 0 Å². The minimum Gasteiger partial charge on any atom is -0.352 e. The molecule has 2 aromatic carbocycles. The van der Waals surface area contributed by atoms with Gasteiger partial charge in [0.2, 0.25) is 5.91 Å². The molecule has 0 spiro atoms. The Morgan fingerprint density at radius 1 is 1.23 bits per heavy atom. The van der Waals surface area contributed by atoms with Crippen LogP contribution in [0.3, 0.4) is 0 Å². The van der Waals surface area contributed by atoms with Gasteiger partial charge in [0.05, 0.1) is 10.6 Å². The second-order valence-electron chi connectivity index (χ2n) is 6.01. The van der Waals surface area contributed by atoms with Crippen molar-refractivity contribution < 1.29 is 17.6 Å². The molecule has 1 saturated carbocycles. The molecule has 1 aliphatic carbocycles. The highest BCUT2D eigenvalue weighted by atomic mass is 32.2. The molecule has 0 heterocycles. The van der Waals surface area contributed by atoms with Crippen LogP contribution in [0.25, 0.3) is 0 Å². The summed E-state index contributed by atoms with van der Waals surface area (Å²) < 4.78 is 40.8. The van der Waals surface area contributed by atoms with Gasteiger partial charge in [0.15, 0.2) is 0 Å². The van der Waals surface area contributed by atoms with E-state index in [1.807, 2.05) is 6.26 Å². The van der Waals surface area contributed by atoms with Crippen molar-refractivity contribution in [2.45, 2.75) is 28.7 Å². The van der Waals surface area contributed by atoms with Crippen LogP contribution in [0.4, 0.5) is 10.1 Å². The molecule has 26 heavy (non-hydrogen) atoms. The number of carbonyl (C=O) groups is 1. The number of nitrogens with zero attached hydrogens (tertiary/aromatic N) is 1. The Morgan fingerprint density at radius 3 is 2.50 bits per heavy atom. The SMILES string of the molecule is CSc1ccc(S(=O)(=O)N(CC(=O)NC2CC2)c2cccc(F)c2)cc1. The van der Waals surface area contributed by atoms with Crippen LogP contribution in [0, 0.1) is 5.82 Å². The minimum atomic E-state index is -4.01. The van der Waals surface area contributed by atoms with E-state index in [1.54, 1.807) is 12.1 Å². The molecule has 2 aromatic rings. The topological polar surface area (TPSA) is 66.5 Å². The summed E-state index contributed by atoms with van der Waals surface area (Å²) >= 11 is 1.50. The number of amides is 1. The zero-order chi connectivity index (χ0) is 18.7. The van der Waals surface area contributed by atoms with Crippen molar-refractivity contribution in [1.82, 2.24) is 5.32 Å². The Morgan fingerprint density at radius 2 is 1.92 bits per heavy atom. The van der Waals surface area contributed by atoms with Crippen LogP contribution in [0.1, 0.15) is 12.8 Å². The van der Waals surface area contributed by atoms with E-state index >= 15 is 0 Å². The van der Waals surface area contributed by atoms with Crippen molar-refractivity contribution in [3.63, 3.8) is 0 Å². The lowest BCUT2D eigenvalue weighted by molar-refractivity contribution is -0.119. The molecule has 0 atom stereocenters. The number of carbonyl (C=O) groups excluding carboxylic acids is 1. The summed E-state index contributed by atoms with van der Waals surface area (Å²) in [6, 6.07) is 11.7. The van der Waals surface area contributed by atoms with Crippen LogP contribution >= 0.6 is 11.8 Å². The molecular weight excluding hydrogens is 375 g/mol. The van der Waals surface area contributed by atoms with Gasteiger partial charge in [0.25, 0.3) is 10.0 Å². The zero-order valence-corrected chi connectivity index (χ0v) is 15.8. The molecule has 8 heteroatoms. The summed E-state index contributed by atoms with van der Waals surface area (Å²) in [5.74, 6) is -0.968. The molecule has 138 valence electrons. The monoisotopic (exact) mass is 394 g/mol. The molecule has 3 rings (SSSR count). The maximum atomic E-state index is 13.6. The van der Waals surface area contributed by atoms with Crippen molar-refractivity contribution in [1.29, 1.82) is 0 Å². The van der Waals surface area contributed by atoms with Gasteiger partial charge in [-0.1, -0.05) is 6.07 Å². The number of thioether (sulfide) groups is 1. The van der Waals surface area contributed by atoms with Gasteiger partial charge in [-0.3, -0.25) is 9.10 Å². The smallest absolute Gasteiger partial charge is 0.264 e. The number of hydrogen-bond acceptors (Lipinski definition) is 4. The molecule has 0 saturated heterocycles. The molecule has 1 amide bonds. The summed E-state index contributed by atoms with van der Waals surface area (Å²) in [6.45, 7) is -0.396. The number of anilines is 1. The van der Waals surface area contributed by atoms with Crippen LogP contribution < -0.4 is 9.62 Å². The Kier molecular flexibility index (Phi) is 5.52. The van der Waals surface area contributed by atoms with E-state index in [0.717, 1.165) is 28.1 Å². The number of rotatable bonds is 7. The number of sulfonamides is 1. The lowest BCUT2D eigenvalue weighted by Gasteiger charge is -2.24. The van der Waals surface area contributed by atoms with E-state index in [2.05, 4.69) is 5.32 Å². The first-order valence-corrected chi connectivity index (χ1v) is 10.8. The first-order chi connectivity index (χ1) is 12.4. The largest absolute Gasteiger partial charge is 0.352 e. The van der Waals surface area contributed by atoms with Gasteiger partial charge in [-0.2, -0.15) is 0 Å². The van der Waals surface area contributed by atoms with Crippen molar-refractivity contribution in [3.05, 3.63) is 54.3 Å². The average molecular weight is 394 g/mol. The van der Waals surface area contributed by atoms with E-state index in [1.165, 1.54) is 42.1 Å².